The van der Waals surface area contributed by atoms with Crippen LogP contribution in [0.5, 0.6) is 0 Å². The van der Waals surface area contributed by atoms with Gasteiger partial charge in [0.25, 0.3) is 0 Å². The second-order valence-corrected chi connectivity index (χ2v) is 7.07. The molecule has 1 aliphatic rings. The van der Waals surface area contributed by atoms with E-state index in [9.17, 15) is 21.6 Å². The predicted octanol–water partition coefficient (Wildman–Crippen LogP) is 2.03. The lowest BCUT2D eigenvalue weighted by molar-refractivity contribution is -0.137. The van der Waals surface area contributed by atoms with Crippen LogP contribution in [0, 0.1) is 12.8 Å². The summed E-state index contributed by atoms with van der Waals surface area (Å²) in [4.78, 5) is -0.154. The van der Waals surface area contributed by atoms with E-state index in [2.05, 4.69) is 4.72 Å². The zero-order valence-electron chi connectivity index (χ0n) is 11.4. The summed E-state index contributed by atoms with van der Waals surface area (Å²) in [7, 11) is -3.85. The molecule has 4 nitrogen and oxygen atoms in total. The minimum absolute atomic E-state index is 0.0531. The molecular weight excluding hydrogens is 305 g/mol. The third kappa shape index (κ3) is 3.96. The van der Waals surface area contributed by atoms with Crippen molar-refractivity contribution in [3.8, 4) is 0 Å². The third-order valence-electron chi connectivity index (χ3n) is 3.53. The first-order valence-corrected chi connectivity index (χ1v) is 8.02. The number of aryl methyl sites for hydroxylation is 1. The normalized spacial score (nSPS) is 17.8. The van der Waals surface area contributed by atoms with Gasteiger partial charge in [-0.05, 0) is 49.4 Å². The minimum atomic E-state index is -4.49. The molecule has 8 heteroatoms. The third-order valence-corrected chi connectivity index (χ3v) is 5.11. The van der Waals surface area contributed by atoms with Crippen molar-refractivity contribution in [2.45, 2.75) is 36.9 Å². The number of nitrogens with one attached hydrogen (secondary N) is 1. The molecule has 3 N–H and O–H groups in total. The fourth-order valence-corrected chi connectivity index (χ4v) is 3.40. The summed E-state index contributed by atoms with van der Waals surface area (Å²) >= 11 is 0. The Morgan fingerprint density at radius 3 is 2.48 bits per heavy atom. The summed E-state index contributed by atoms with van der Waals surface area (Å²) in [6, 6.07) is 2.32. The summed E-state index contributed by atoms with van der Waals surface area (Å²) in [5.74, 6) is 0.335. The molecule has 1 saturated carbocycles. The number of hydrogen-bond donors (Lipinski definition) is 2. The summed E-state index contributed by atoms with van der Waals surface area (Å²) in [5, 5.41) is 0. The first-order valence-electron chi connectivity index (χ1n) is 6.54. The Morgan fingerprint density at radius 2 is 2.00 bits per heavy atom. The van der Waals surface area contributed by atoms with Gasteiger partial charge in [0, 0.05) is 12.6 Å². The highest BCUT2D eigenvalue weighted by Gasteiger charge is 2.32. The molecule has 21 heavy (non-hydrogen) atoms. The molecule has 1 aliphatic carbocycles. The Bertz CT molecular complexity index is 625. The van der Waals surface area contributed by atoms with E-state index >= 15 is 0 Å². The molecular formula is C13H17F3N2O2S. The second-order valence-electron chi connectivity index (χ2n) is 5.33. The van der Waals surface area contributed by atoms with Crippen molar-refractivity contribution in [3.63, 3.8) is 0 Å². The number of halogens is 3. The predicted molar refractivity (Wildman–Crippen MR) is 72.1 cm³/mol. The van der Waals surface area contributed by atoms with Gasteiger partial charge in [0.1, 0.15) is 0 Å². The van der Waals surface area contributed by atoms with Crippen molar-refractivity contribution in [1.82, 2.24) is 4.72 Å². The molecule has 0 radical (unpaired) electrons. The summed E-state index contributed by atoms with van der Waals surface area (Å²) in [6.07, 6.45) is -2.51. The monoisotopic (exact) mass is 322 g/mol. The highest BCUT2D eigenvalue weighted by molar-refractivity contribution is 7.89. The van der Waals surface area contributed by atoms with Crippen LogP contribution in [0.1, 0.15) is 24.0 Å². The largest absolute Gasteiger partial charge is 0.416 e. The van der Waals surface area contributed by atoms with E-state index in [0.717, 1.165) is 31.0 Å². The molecule has 0 saturated heterocycles. The van der Waals surface area contributed by atoms with Gasteiger partial charge in [-0.15, -0.1) is 0 Å². The Kier molecular flexibility index (Phi) is 4.32. The lowest BCUT2D eigenvalue weighted by atomic mass is 10.1. The molecule has 1 aromatic carbocycles. The van der Waals surface area contributed by atoms with Gasteiger partial charge in [-0.3, -0.25) is 0 Å². The standard InChI is InChI=1S/C13H17F3N2O2S/c1-8-6-10(13(14,15)16)4-5-12(8)21(19,20)18-7-11(17)9-2-3-9/h4-6,9,11,18H,2-3,7,17H2,1H3. The summed E-state index contributed by atoms with van der Waals surface area (Å²) in [6.45, 7) is 1.43. The quantitative estimate of drug-likeness (QED) is 0.871. The Balaban J connectivity index is 2.15. The van der Waals surface area contributed by atoms with Gasteiger partial charge in [-0.25, -0.2) is 13.1 Å². The molecule has 118 valence electrons. The van der Waals surface area contributed by atoms with Crippen molar-refractivity contribution in [2.75, 3.05) is 6.54 Å². The maximum atomic E-state index is 12.6. The number of hydrogen-bond acceptors (Lipinski definition) is 3. The Morgan fingerprint density at radius 1 is 1.38 bits per heavy atom. The van der Waals surface area contributed by atoms with E-state index in [1.165, 1.54) is 6.92 Å². The maximum Gasteiger partial charge on any atom is 0.416 e. The van der Waals surface area contributed by atoms with Crippen molar-refractivity contribution in [3.05, 3.63) is 29.3 Å². The van der Waals surface area contributed by atoms with Crippen LogP contribution in [0.3, 0.4) is 0 Å². The molecule has 1 aromatic rings. The van der Waals surface area contributed by atoms with Crippen molar-refractivity contribution in [1.29, 1.82) is 0 Å². The van der Waals surface area contributed by atoms with E-state index in [-0.39, 0.29) is 23.0 Å². The fraction of sp³-hybridized carbons (Fsp3) is 0.538. The van der Waals surface area contributed by atoms with Gasteiger partial charge in [-0.2, -0.15) is 13.2 Å². The van der Waals surface area contributed by atoms with Crippen molar-refractivity contribution < 1.29 is 21.6 Å². The molecule has 0 amide bonds. The molecule has 2 rings (SSSR count). The van der Waals surface area contributed by atoms with Gasteiger partial charge in [0.2, 0.25) is 10.0 Å². The SMILES string of the molecule is Cc1cc(C(F)(F)F)ccc1S(=O)(=O)NCC(N)C1CC1. The van der Waals surface area contributed by atoms with Gasteiger partial charge in [-0.1, -0.05) is 0 Å². The van der Waals surface area contributed by atoms with Crippen molar-refractivity contribution in [2.24, 2.45) is 11.7 Å². The van der Waals surface area contributed by atoms with Gasteiger partial charge in [0.05, 0.1) is 10.5 Å². The number of alkyl halides is 3. The van der Waals surface area contributed by atoms with Crippen LogP contribution >= 0.6 is 0 Å². The summed E-state index contributed by atoms with van der Waals surface area (Å²) in [5.41, 5.74) is 4.99. The van der Waals surface area contributed by atoms with Crippen LogP contribution in [0.25, 0.3) is 0 Å². The molecule has 0 aliphatic heterocycles. The Hall–Kier alpha value is -1.12. The van der Waals surface area contributed by atoms with Crippen LogP contribution in [-0.2, 0) is 16.2 Å². The number of nitrogens with two attached hydrogens (primary N) is 1. The van der Waals surface area contributed by atoms with E-state index in [0.29, 0.717) is 5.92 Å². The zero-order chi connectivity index (χ0) is 15.8. The first-order chi connectivity index (χ1) is 9.61. The van der Waals surface area contributed by atoms with E-state index in [1.807, 2.05) is 0 Å². The van der Waals surface area contributed by atoms with Crippen LogP contribution < -0.4 is 10.5 Å². The van der Waals surface area contributed by atoms with E-state index in [4.69, 9.17) is 5.73 Å². The highest BCUT2D eigenvalue weighted by atomic mass is 32.2. The van der Waals surface area contributed by atoms with Crippen LogP contribution in [-0.4, -0.2) is 21.0 Å². The first kappa shape index (κ1) is 16.3. The van der Waals surface area contributed by atoms with Gasteiger partial charge in [0.15, 0.2) is 0 Å². The van der Waals surface area contributed by atoms with Crippen LogP contribution in [0.2, 0.25) is 0 Å². The van der Waals surface area contributed by atoms with E-state index in [1.54, 1.807) is 0 Å². The molecule has 1 atom stereocenters. The number of benzene rings is 1. The molecule has 0 aromatic heterocycles. The molecule has 0 bridgehead atoms. The minimum Gasteiger partial charge on any atom is -0.326 e. The number of sulfonamides is 1. The topological polar surface area (TPSA) is 72.2 Å². The zero-order valence-corrected chi connectivity index (χ0v) is 12.3. The average Bonchev–Trinajstić information content (AvgIpc) is 3.18. The van der Waals surface area contributed by atoms with Gasteiger partial charge < -0.3 is 5.73 Å². The lowest BCUT2D eigenvalue weighted by Gasteiger charge is -2.14. The molecule has 1 fully saturated rings. The van der Waals surface area contributed by atoms with Gasteiger partial charge >= 0.3 is 6.18 Å². The number of rotatable bonds is 5. The van der Waals surface area contributed by atoms with Crippen LogP contribution in [0.4, 0.5) is 13.2 Å². The molecule has 0 spiro atoms. The summed E-state index contributed by atoms with van der Waals surface area (Å²) < 4.78 is 64.3. The smallest absolute Gasteiger partial charge is 0.326 e. The van der Waals surface area contributed by atoms with E-state index < -0.39 is 21.8 Å². The fourth-order valence-electron chi connectivity index (χ4n) is 2.10. The Labute approximate surface area is 121 Å². The van der Waals surface area contributed by atoms with Crippen LogP contribution in [0.15, 0.2) is 23.1 Å². The second kappa shape index (κ2) is 5.58. The highest BCUT2D eigenvalue weighted by Crippen LogP contribution is 2.32. The average molecular weight is 322 g/mol. The lowest BCUT2D eigenvalue weighted by Crippen LogP contribution is -2.38. The maximum absolute atomic E-state index is 12.6. The molecule has 1 unspecified atom stereocenters. The van der Waals surface area contributed by atoms with Crippen molar-refractivity contribution >= 4 is 10.0 Å². The molecule has 0 heterocycles.